The number of aryl methyl sites for hydroxylation is 1. The minimum atomic E-state index is -0.817. The van der Waals surface area contributed by atoms with Crippen molar-refractivity contribution in [1.29, 1.82) is 0 Å². The lowest BCUT2D eigenvalue weighted by molar-refractivity contribution is 0.492. The Bertz CT molecular complexity index is 508. The van der Waals surface area contributed by atoms with Gasteiger partial charge in [-0.05, 0) is 12.1 Å². The van der Waals surface area contributed by atoms with Crippen molar-refractivity contribution in [1.82, 2.24) is 15.1 Å². The molecule has 0 aliphatic rings. The van der Waals surface area contributed by atoms with Crippen LogP contribution in [0, 0.1) is 11.6 Å². The highest BCUT2D eigenvalue weighted by molar-refractivity contribution is 5.18. The van der Waals surface area contributed by atoms with Crippen LogP contribution in [0.5, 0.6) is 0 Å². The largest absolute Gasteiger partial charge is 0.307 e. The van der Waals surface area contributed by atoms with E-state index in [4.69, 9.17) is 0 Å². The summed E-state index contributed by atoms with van der Waals surface area (Å²) in [5.74, 6) is -1.61. The monoisotopic (exact) mass is 237 g/mol. The maximum atomic E-state index is 13.3. The number of nitrogens with zero attached hydrogens (tertiary/aromatic N) is 2. The molecule has 0 aliphatic carbocycles. The molecule has 2 rings (SSSR count). The Balaban J connectivity index is 1.92. The second-order valence-electron chi connectivity index (χ2n) is 3.80. The van der Waals surface area contributed by atoms with Gasteiger partial charge in [0.25, 0.3) is 0 Å². The first-order valence-corrected chi connectivity index (χ1v) is 5.29. The van der Waals surface area contributed by atoms with Crippen molar-refractivity contribution in [3.63, 3.8) is 0 Å². The smallest absolute Gasteiger partial charge is 0.163 e. The standard InChI is InChI=1S/C12H13F2N3/c1-17-6-5-10(16-17)8-15-7-9-3-2-4-11(13)12(9)14/h2-6,15H,7-8H2,1H3. The highest BCUT2D eigenvalue weighted by Crippen LogP contribution is 2.10. The van der Waals surface area contributed by atoms with Gasteiger partial charge in [-0.3, -0.25) is 4.68 Å². The van der Waals surface area contributed by atoms with Crippen LogP contribution in [0.25, 0.3) is 0 Å². The summed E-state index contributed by atoms with van der Waals surface area (Å²) >= 11 is 0. The highest BCUT2D eigenvalue weighted by Gasteiger charge is 2.06. The normalized spacial score (nSPS) is 10.8. The summed E-state index contributed by atoms with van der Waals surface area (Å²) in [5.41, 5.74) is 1.19. The Morgan fingerprint density at radius 3 is 2.76 bits per heavy atom. The average molecular weight is 237 g/mol. The molecule has 0 amide bonds. The molecule has 17 heavy (non-hydrogen) atoms. The lowest BCUT2D eigenvalue weighted by Crippen LogP contribution is -2.14. The molecule has 0 bridgehead atoms. The summed E-state index contributed by atoms with van der Waals surface area (Å²) in [5, 5.41) is 7.19. The number of halogens is 2. The molecule has 0 unspecified atom stereocenters. The van der Waals surface area contributed by atoms with Crippen molar-refractivity contribution < 1.29 is 8.78 Å². The van der Waals surface area contributed by atoms with Gasteiger partial charge in [0, 0.05) is 31.9 Å². The summed E-state index contributed by atoms with van der Waals surface area (Å²) in [6.45, 7) is 0.803. The summed E-state index contributed by atoms with van der Waals surface area (Å²) in [7, 11) is 1.83. The molecule has 0 atom stereocenters. The SMILES string of the molecule is Cn1ccc(CNCc2cccc(F)c2F)n1. The van der Waals surface area contributed by atoms with Crippen LogP contribution in [-0.2, 0) is 20.1 Å². The fraction of sp³-hybridized carbons (Fsp3) is 0.250. The molecule has 0 saturated heterocycles. The number of benzene rings is 1. The van der Waals surface area contributed by atoms with Gasteiger partial charge in [-0.2, -0.15) is 5.10 Å². The lowest BCUT2D eigenvalue weighted by atomic mass is 10.2. The molecule has 0 aliphatic heterocycles. The van der Waals surface area contributed by atoms with E-state index in [-0.39, 0.29) is 6.54 Å². The molecule has 1 aromatic carbocycles. The van der Waals surface area contributed by atoms with E-state index in [0.29, 0.717) is 12.1 Å². The zero-order chi connectivity index (χ0) is 12.3. The highest BCUT2D eigenvalue weighted by atomic mass is 19.2. The third-order valence-corrected chi connectivity index (χ3v) is 2.42. The van der Waals surface area contributed by atoms with Crippen LogP contribution < -0.4 is 5.32 Å². The van der Waals surface area contributed by atoms with Crippen molar-refractivity contribution in [2.24, 2.45) is 7.05 Å². The fourth-order valence-corrected chi connectivity index (χ4v) is 1.57. The Hall–Kier alpha value is -1.75. The van der Waals surface area contributed by atoms with Crippen LogP contribution >= 0.6 is 0 Å². The summed E-state index contributed by atoms with van der Waals surface area (Å²) < 4.78 is 27.9. The van der Waals surface area contributed by atoms with Crippen molar-refractivity contribution in [3.8, 4) is 0 Å². The van der Waals surface area contributed by atoms with E-state index in [9.17, 15) is 8.78 Å². The van der Waals surface area contributed by atoms with Crippen LogP contribution in [-0.4, -0.2) is 9.78 Å². The summed E-state index contributed by atoms with van der Waals surface area (Å²) in [6, 6.07) is 6.03. The predicted octanol–water partition coefficient (Wildman–Crippen LogP) is 1.99. The molecule has 1 heterocycles. The van der Waals surface area contributed by atoms with Gasteiger partial charge in [0.15, 0.2) is 11.6 Å². The van der Waals surface area contributed by atoms with E-state index >= 15 is 0 Å². The van der Waals surface area contributed by atoms with E-state index in [0.717, 1.165) is 11.8 Å². The molecule has 0 fully saturated rings. The number of aromatic nitrogens is 2. The van der Waals surface area contributed by atoms with E-state index in [2.05, 4.69) is 10.4 Å². The zero-order valence-corrected chi connectivity index (χ0v) is 9.45. The van der Waals surface area contributed by atoms with Crippen LogP contribution in [0.3, 0.4) is 0 Å². The minimum absolute atomic E-state index is 0.278. The van der Waals surface area contributed by atoms with Gasteiger partial charge in [-0.15, -0.1) is 0 Å². The van der Waals surface area contributed by atoms with Gasteiger partial charge in [0.2, 0.25) is 0 Å². The predicted molar refractivity (Wildman–Crippen MR) is 60.1 cm³/mol. The minimum Gasteiger partial charge on any atom is -0.307 e. The topological polar surface area (TPSA) is 29.9 Å². The van der Waals surface area contributed by atoms with Crippen molar-refractivity contribution in [3.05, 3.63) is 53.4 Å². The Labute approximate surface area is 98.1 Å². The fourth-order valence-electron chi connectivity index (χ4n) is 1.57. The molecule has 0 radical (unpaired) electrons. The first-order valence-electron chi connectivity index (χ1n) is 5.29. The van der Waals surface area contributed by atoms with Crippen LogP contribution in [0.2, 0.25) is 0 Å². The van der Waals surface area contributed by atoms with E-state index in [1.54, 1.807) is 10.7 Å². The molecule has 1 N–H and O–H groups in total. The quantitative estimate of drug-likeness (QED) is 0.881. The van der Waals surface area contributed by atoms with Gasteiger partial charge in [0.05, 0.1) is 5.69 Å². The maximum Gasteiger partial charge on any atom is 0.163 e. The maximum absolute atomic E-state index is 13.3. The number of nitrogens with one attached hydrogen (secondary N) is 1. The summed E-state index contributed by atoms with van der Waals surface area (Å²) in [6.07, 6.45) is 1.83. The molecular weight excluding hydrogens is 224 g/mol. The van der Waals surface area contributed by atoms with Gasteiger partial charge < -0.3 is 5.32 Å². The summed E-state index contributed by atoms with van der Waals surface area (Å²) in [4.78, 5) is 0. The molecule has 90 valence electrons. The second-order valence-corrected chi connectivity index (χ2v) is 3.80. The second kappa shape index (κ2) is 5.05. The molecule has 0 spiro atoms. The van der Waals surface area contributed by atoms with E-state index < -0.39 is 11.6 Å². The first kappa shape index (κ1) is 11.7. The van der Waals surface area contributed by atoms with Crippen molar-refractivity contribution in [2.45, 2.75) is 13.1 Å². The number of rotatable bonds is 4. The molecule has 5 heteroatoms. The third-order valence-electron chi connectivity index (χ3n) is 2.42. The Kier molecular flexibility index (Phi) is 3.49. The molecule has 1 aromatic heterocycles. The van der Waals surface area contributed by atoms with Gasteiger partial charge in [-0.1, -0.05) is 12.1 Å². The Morgan fingerprint density at radius 2 is 2.06 bits per heavy atom. The van der Waals surface area contributed by atoms with Gasteiger partial charge in [0.1, 0.15) is 0 Å². The molecule has 0 saturated carbocycles. The Morgan fingerprint density at radius 1 is 1.24 bits per heavy atom. The zero-order valence-electron chi connectivity index (χ0n) is 9.45. The number of hydrogen-bond acceptors (Lipinski definition) is 2. The van der Waals surface area contributed by atoms with Crippen LogP contribution in [0.4, 0.5) is 8.78 Å². The third kappa shape index (κ3) is 2.88. The van der Waals surface area contributed by atoms with Crippen LogP contribution in [0.15, 0.2) is 30.5 Å². The molecular formula is C12H13F2N3. The van der Waals surface area contributed by atoms with Crippen molar-refractivity contribution in [2.75, 3.05) is 0 Å². The van der Waals surface area contributed by atoms with Gasteiger partial charge in [-0.25, -0.2) is 8.78 Å². The van der Waals surface area contributed by atoms with E-state index in [1.807, 2.05) is 19.3 Å². The van der Waals surface area contributed by atoms with Crippen LogP contribution in [0.1, 0.15) is 11.3 Å². The average Bonchev–Trinajstić information content (AvgIpc) is 2.70. The number of hydrogen-bond donors (Lipinski definition) is 1. The van der Waals surface area contributed by atoms with Crippen molar-refractivity contribution >= 4 is 0 Å². The van der Waals surface area contributed by atoms with E-state index in [1.165, 1.54) is 6.07 Å². The first-order chi connectivity index (χ1) is 8.16. The molecule has 2 aromatic rings. The van der Waals surface area contributed by atoms with Gasteiger partial charge >= 0.3 is 0 Å². The lowest BCUT2D eigenvalue weighted by Gasteiger charge is -2.04. The molecule has 3 nitrogen and oxygen atoms in total.